The van der Waals surface area contributed by atoms with Gasteiger partial charge in [0, 0.05) is 55.2 Å². The SMILES string of the molecule is Cn1cc(-c2ccc3cnc(CC(=O)c4ccnc(N5CCOCC5)c4)nc3c2)cn1. The Balaban J connectivity index is 1.37. The van der Waals surface area contributed by atoms with E-state index in [1.165, 1.54) is 0 Å². The lowest BCUT2D eigenvalue weighted by atomic mass is 10.1. The van der Waals surface area contributed by atoms with E-state index in [9.17, 15) is 4.79 Å². The highest BCUT2D eigenvalue weighted by atomic mass is 16.5. The maximum Gasteiger partial charge on any atom is 0.170 e. The molecule has 4 heterocycles. The largest absolute Gasteiger partial charge is 0.378 e. The normalized spacial score (nSPS) is 14.2. The van der Waals surface area contributed by atoms with Gasteiger partial charge in [0.1, 0.15) is 11.6 Å². The lowest BCUT2D eigenvalue weighted by molar-refractivity contribution is 0.0990. The molecule has 1 aromatic carbocycles. The van der Waals surface area contributed by atoms with Crippen LogP contribution < -0.4 is 4.90 Å². The maximum atomic E-state index is 12.9. The van der Waals surface area contributed by atoms with Crippen molar-refractivity contribution in [3.05, 3.63) is 66.5 Å². The van der Waals surface area contributed by atoms with Gasteiger partial charge in [-0.15, -0.1) is 0 Å². The van der Waals surface area contributed by atoms with Crippen LogP contribution in [-0.4, -0.2) is 56.8 Å². The van der Waals surface area contributed by atoms with Crippen molar-refractivity contribution in [2.45, 2.75) is 6.42 Å². The Morgan fingerprint density at radius 1 is 1.06 bits per heavy atom. The average molecular weight is 414 g/mol. The second-order valence-corrected chi connectivity index (χ2v) is 7.56. The van der Waals surface area contributed by atoms with E-state index < -0.39 is 0 Å². The molecule has 1 saturated heterocycles. The van der Waals surface area contributed by atoms with Crippen molar-refractivity contribution >= 4 is 22.5 Å². The Morgan fingerprint density at radius 2 is 1.94 bits per heavy atom. The molecule has 0 radical (unpaired) electrons. The third-order valence-electron chi connectivity index (χ3n) is 5.39. The monoisotopic (exact) mass is 414 g/mol. The zero-order chi connectivity index (χ0) is 21.2. The van der Waals surface area contributed by atoms with Crippen LogP contribution in [-0.2, 0) is 18.2 Å². The second-order valence-electron chi connectivity index (χ2n) is 7.56. The van der Waals surface area contributed by atoms with Crippen LogP contribution in [0.2, 0.25) is 0 Å². The zero-order valence-corrected chi connectivity index (χ0v) is 17.2. The number of nitrogens with zero attached hydrogens (tertiary/aromatic N) is 6. The third-order valence-corrected chi connectivity index (χ3v) is 5.39. The number of anilines is 1. The predicted molar refractivity (Wildman–Crippen MR) is 117 cm³/mol. The van der Waals surface area contributed by atoms with Gasteiger partial charge in [0.2, 0.25) is 0 Å². The lowest BCUT2D eigenvalue weighted by Crippen LogP contribution is -2.36. The first kappa shape index (κ1) is 19.3. The molecule has 0 N–H and O–H groups in total. The van der Waals surface area contributed by atoms with Crippen molar-refractivity contribution in [1.82, 2.24) is 24.7 Å². The fraction of sp³-hybridized carbons (Fsp3) is 0.261. The van der Waals surface area contributed by atoms with E-state index in [0.717, 1.165) is 40.9 Å². The lowest BCUT2D eigenvalue weighted by Gasteiger charge is -2.27. The van der Waals surface area contributed by atoms with Crippen molar-refractivity contribution in [3.63, 3.8) is 0 Å². The van der Waals surface area contributed by atoms with Crippen molar-refractivity contribution in [1.29, 1.82) is 0 Å². The molecular weight excluding hydrogens is 392 g/mol. The number of benzene rings is 1. The molecule has 5 rings (SSSR count). The first-order valence-electron chi connectivity index (χ1n) is 10.2. The fourth-order valence-corrected chi connectivity index (χ4v) is 3.70. The summed E-state index contributed by atoms with van der Waals surface area (Å²) in [6.45, 7) is 2.90. The van der Waals surface area contributed by atoms with Crippen LogP contribution in [0.25, 0.3) is 22.0 Å². The molecule has 8 nitrogen and oxygen atoms in total. The van der Waals surface area contributed by atoms with E-state index in [4.69, 9.17) is 4.74 Å². The summed E-state index contributed by atoms with van der Waals surface area (Å²) < 4.78 is 7.16. The number of ether oxygens (including phenoxy) is 1. The van der Waals surface area contributed by atoms with Crippen LogP contribution in [0.5, 0.6) is 0 Å². The van der Waals surface area contributed by atoms with Crippen molar-refractivity contribution in [2.75, 3.05) is 31.2 Å². The van der Waals surface area contributed by atoms with Gasteiger partial charge in [0.05, 0.1) is 31.3 Å². The molecule has 0 bridgehead atoms. The van der Waals surface area contributed by atoms with E-state index >= 15 is 0 Å². The highest BCUT2D eigenvalue weighted by Gasteiger charge is 2.16. The number of morpholine rings is 1. The van der Waals surface area contributed by atoms with E-state index in [0.29, 0.717) is 24.6 Å². The van der Waals surface area contributed by atoms with E-state index in [1.54, 1.807) is 23.1 Å². The summed E-state index contributed by atoms with van der Waals surface area (Å²) in [5.74, 6) is 1.28. The number of rotatable bonds is 5. The Kier molecular flexibility index (Phi) is 5.13. The highest BCUT2D eigenvalue weighted by Crippen LogP contribution is 2.23. The summed E-state index contributed by atoms with van der Waals surface area (Å²) in [7, 11) is 1.89. The summed E-state index contributed by atoms with van der Waals surface area (Å²) >= 11 is 0. The average Bonchev–Trinajstić information content (AvgIpc) is 3.25. The summed E-state index contributed by atoms with van der Waals surface area (Å²) in [4.78, 5) is 28.5. The molecule has 1 fully saturated rings. The number of carbonyl (C=O) groups excluding carboxylic acids is 1. The van der Waals surface area contributed by atoms with Gasteiger partial charge in [0.25, 0.3) is 0 Å². The molecule has 4 aromatic rings. The number of aryl methyl sites for hydroxylation is 1. The number of pyridine rings is 1. The predicted octanol–water partition coefficient (Wildman–Crippen LogP) is 2.69. The molecule has 0 saturated carbocycles. The van der Waals surface area contributed by atoms with Gasteiger partial charge in [-0.2, -0.15) is 5.10 Å². The Hall–Kier alpha value is -3.65. The molecule has 0 amide bonds. The van der Waals surface area contributed by atoms with Crippen molar-refractivity contribution < 1.29 is 9.53 Å². The Labute approximate surface area is 179 Å². The smallest absolute Gasteiger partial charge is 0.170 e. The molecule has 31 heavy (non-hydrogen) atoms. The van der Waals surface area contributed by atoms with Crippen LogP contribution >= 0.6 is 0 Å². The first-order chi connectivity index (χ1) is 15.2. The van der Waals surface area contributed by atoms with Gasteiger partial charge in [-0.1, -0.05) is 12.1 Å². The molecule has 156 valence electrons. The van der Waals surface area contributed by atoms with Crippen molar-refractivity contribution in [3.8, 4) is 11.1 Å². The molecule has 0 spiro atoms. The van der Waals surface area contributed by atoms with Gasteiger partial charge < -0.3 is 9.64 Å². The van der Waals surface area contributed by atoms with Crippen LogP contribution in [0.3, 0.4) is 0 Å². The number of carbonyl (C=O) groups is 1. The van der Waals surface area contributed by atoms with E-state index in [-0.39, 0.29) is 12.2 Å². The molecule has 1 aliphatic rings. The molecule has 3 aromatic heterocycles. The summed E-state index contributed by atoms with van der Waals surface area (Å²) in [6, 6.07) is 9.60. The second kappa shape index (κ2) is 8.23. The van der Waals surface area contributed by atoms with E-state index in [1.807, 2.05) is 43.7 Å². The molecule has 1 aliphatic heterocycles. The molecular formula is C23H22N6O2. The number of hydrogen-bond acceptors (Lipinski definition) is 7. The molecule has 0 aliphatic carbocycles. The zero-order valence-electron chi connectivity index (χ0n) is 17.2. The van der Waals surface area contributed by atoms with Crippen LogP contribution in [0.1, 0.15) is 16.2 Å². The number of aromatic nitrogens is 5. The number of Topliss-reactive ketones (excluding diaryl/α,β-unsaturated/α-hetero) is 1. The first-order valence-corrected chi connectivity index (χ1v) is 10.2. The molecule has 0 atom stereocenters. The highest BCUT2D eigenvalue weighted by molar-refractivity contribution is 5.98. The Morgan fingerprint density at radius 3 is 2.74 bits per heavy atom. The minimum Gasteiger partial charge on any atom is -0.378 e. The van der Waals surface area contributed by atoms with E-state index in [2.05, 4.69) is 25.0 Å². The molecule has 8 heteroatoms. The quantitative estimate of drug-likeness (QED) is 0.464. The summed E-state index contributed by atoms with van der Waals surface area (Å²) in [6.07, 6.45) is 7.37. The van der Waals surface area contributed by atoms with Crippen LogP contribution in [0.15, 0.2) is 55.1 Å². The van der Waals surface area contributed by atoms with Crippen LogP contribution in [0.4, 0.5) is 5.82 Å². The maximum absolute atomic E-state index is 12.9. The number of hydrogen-bond donors (Lipinski definition) is 0. The van der Waals surface area contributed by atoms with Gasteiger partial charge in [-0.3, -0.25) is 9.48 Å². The number of ketones is 1. The number of fused-ring (bicyclic) bond motifs is 1. The van der Waals surface area contributed by atoms with Crippen LogP contribution in [0, 0.1) is 0 Å². The minimum absolute atomic E-state index is 0.0281. The summed E-state index contributed by atoms with van der Waals surface area (Å²) in [5.41, 5.74) is 3.47. The topological polar surface area (TPSA) is 86.0 Å². The van der Waals surface area contributed by atoms with Gasteiger partial charge in [-0.05, 0) is 23.8 Å². The standard InChI is InChI=1S/C23H22N6O2/c1-28-15-19(14-26-28)16-2-3-18-13-25-22(27-20(18)10-16)12-21(30)17-4-5-24-23(11-17)29-6-8-31-9-7-29/h2-5,10-11,13-15H,6-9,12H2,1H3. The van der Waals surface area contributed by atoms with Gasteiger partial charge in [0.15, 0.2) is 5.78 Å². The third kappa shape index (κ3) is 4.15. The fourth-order valence-electron chi connectivity index (χ4n) is 3.70. The molecule has 0 unspecified atom stereocenters. The van der Waals surface area contributed by atoms with Gasteiger partial charge >= 0.3 is 0 Å². The minimum atomic E-state index is -0.0281. The van der Waals surface area contributed by atoms with Gasteiger partial charge in [-0.25, -0.2) is 15.0 Å². The van der Waals surface area contributed by atoms with Crippen molar-refractivity contribution in [2.24, 2.45) is 7.05 Å². The Bertz CT molecular complexity index is 1250. The summed E-state index contributed by atoms with van der Waals surface area (Å²) in [5, 5.41) is 5.16.